The summed E-state index contributed by atoms with van der Waals surface area (Å²) in [4.78, 5) is 8.60. The molecule has 5 nitrogen and oxygen atoms in total. The molecular weight excluding hydrogens is 262 g/mol. The van der Waals surface area contributed by atoms with Crippen molar-refractivity contribution in [1.29, 1.82) is 0 Å². The maximum atomic E-state index is 4.55. The second kappa shape index (κ2) is 4.56. The van der Waals surface area contributed by atoms with Gasteiger partial charge in [0.1, 0.15) is 0 Å². The molecule has 0 saturated carbocycles. The maximum Gasteiger partial charge on any atom is 0.161 e. The summed E-state index contributed by atoms with van der Waals surface area (Å²) >= 11 is 0. The van der Waals surface area contributed by atoms with E-state index in [0.29, 0.717) is 0 Å². The van der Waals surface area contributed by atoms with Crippen LogP contribution in [0.15, 0.2) is 61.6 Å². The third-order valence-electron chi connectivity index (χ3n) is 3.56. The number of nitrogens with zero attached hydrogens (tertiary/aromatic N) is 5. The molecule has 0 unspecified atom stereocenters. The molecular formula is C16H13N5. The Morgan fingerprint density at radius 2 is 1.90 bits per heavy atom. The Morgan fingerprint density at radius 1 is 1.05 bits per heavy atom. The molecule has 1 aromatic carbocycles. The van der Waals surface area contributed by atoms with Crippen LogP contribution in [0.5, 0.6) is 0 Å². The van der Waals surface area contributed by atoms with E-state index in [-0.39, 0.29) is 0 Å². The molecule has 4 aromatic rings. The Labute approximate surface area is 121 Å². The number of hydrogen-bond acceptors (Lipinski definition) is 3. The van der Waals surface area contributed by atoms with Crippen molar-refractivity contribution in [2.45, 2.75) is 6.92 Å². The number of benzene rings is 1. The third-order valence-corrected chi connectivity index (χ3v) is 3.56. The Balaban J connectivity index is 1.90. The molecule has 0 atom stereocenters. The van der Waals surface area contributed by atoms with Gasteiger partial charge in [-0.3, -0.25) is 0 Å². The molecule has 0 amide bonds. The van der Waals surface area contributed by atoms with E-state index in [1.807, 2.05) is 35.3 Å². The van der Waals surface area contributed by atoms with Crippen molar-refractivity contribution in [2.75, 3.05) is 0 Å². The fourth-order valence-electron chi connectivity index (χ4n) is 2.48. The quantitative estimate of drug-likeness (QED) is 0.565. The van der Waals surface area contributed by atoms with E-state index in [0.717, 1.165) is 22.5 Å². The van der Waals surface area contributed by atoms with Crippen LogP contribution in [0, 0.1) is 6.92 Å². The van der Waals surface area contributed by atoms with Crippen molar-refractivity contribution in [2.24, 2.45) is 0 Å². The van der Waals surface area contributed by atoms with E-state index < -0.39 is 0 Å². The molecule has 5 heteroatoms. The molecule has 0 fully saturated rings. The normalized spacial score (nSPS) is 11.1. The molecule has 0 N–H and O–H groups in total. The zero-order valence-corrected chi connectivity index (χ0v) is 11.5. The highest BCUT2D eigenvalue weighted by Gasteiger charge is 2.08. The largest absolute Gasteiger partial charge is 0.303 e. The zero-order valence-electron chi connectivity index (χ0n) is 11.5. The van der Waals surface area contributed by atoms with Crippen molar-refractivity contribution in [3.8, 4) is 11.5 Å². The van der Waals surface area contributed by atoms with Crippen LogP contribution in [0.1, 0.15) is 5.56 Å². The lowest BCUT2D eigenvalue weighted by Crippen LogP contribution is -2.00. The summed E-state index contributed by atoms with van der Waals surface area (Å²) in [6.45, 7) is 2.07. The number of rotatable bonds is 2. The smallest absolute Gasteiger partial charge is 0.161 e. The lowest BCUT2D eigenvalue weighted by atomic mass is 10.1. The average molecular weight is 275 g/mol. The summed E-state index contributed by atoms with van der Waals surface area (Å²) in [5.74, 6) is 0.836. The summed E-state index contributed by atoms with van der Waals surface area (Å²) in [5.41, 5.74) is 2.12. The van der Waals surface area contributed by atoms with Gasteiger partial charge in [-0.1, -0.05) is 24.3 Å². The molecule has 102 valence electrons. The van der Waals surface area contributed by atoms with Gasteiger partial charge in [0.2, 0.25) is 0 Å². The van der Waals surface area contributed by atoms with E-state index in [2.05, 4.69) is 34.1 Å². The van der Waals surface area contributed by atoms with Gasteiger partial charge in [-0.15, -0.1) is 0 Å². The predicted octanol–water partition coefficient (Wildman–Crippen LogP) is 2.91. The summed E-state index contributed by atoms with van der Waals surface area (Å²) in [6, 6.07) is 8.24. The van der Waals surface area contributed by atoms with Crippen LogP contribution in [0.3, 0.4) is 0 Å². The number of pyridine rings is 1. The van der Waals surface area contributed by atoms with Crippen LogP contribution in [-0.4, -0.2) is 24.3 Å². The number of aryl methyl sites for hydroxylation is 1. The first-order valence-corrected chi connectivity index (χ1v) is 6.70. The summed E-state index contributed by atoms with van der Waals surface area (Å²) in [7, 11) is 0. The topological polar surface area (TPSA) is 48.5 Å². The standard InChI is InChI=1S/C16H13N5/c1-12-8-18-16(15-5-3-2-4-14(12)15)21-10-13(9-19-21)20-7-6-17-11-20/h2-11H,1H3. The van der Waals surface area contributed by atoms with Crippen LogP contribution in [0.25, 0.3) is 22.3 Å². The Morgan fingerprint density at radius 3 is 2.71 bits per heavy atom. The maximum absolute atomic E-state index is 4.55. The Kier molecular flexibility index (Phi) is 2.57. The average Bonchev–Trinajstić information content (AvgIpc) is 3.19. The molecule has 0 spiro atoms. The molecule has 4 rings (SSSR count). The molecule has 3 heterocycles. The highest BCUT2D eigenvalue weighted by atomic mass is 15.3. The van der Waals surface area contributed by atoms with Gasteiger partial charge in [-0.05, 0) is 17.9 Å². The number of aromatic nitrogens is 5. The van der Waals surface area contributed by atoms with Crippen molar-refractivity contribution >= 4 is 10.8 Å². The minimum absolute atomic E-state index is 0.836. The first-order chi connectivity index (χ1) is 10.3. The van der Waals surface area contributed by atoms with E-state index in [4.69, 9.17) is 0 Å². The zero-order chi connectivity index (χ0) is 14.2. The monoisotopic (exact) mass is 275 g/mol. The van der Waals surface area contributed by atoms with E-state index in [9.17, 15) is 0 Å². The van der Waals surface area contributed by atoms with Crippen molar-refractivity contribution in [3.05, 3.63) is 67.1 Å². The number of hydrogen-bond donors (Lipinski definition) is 0. The lowest BCUT2D eigenvalue weighted by molar-refractivity contribution is 0.854. The SMILES string of the molecule is Cc1cnc(-n2cc(-n3ccnc3)cn2)c2ccccc12. The molecule has 21 heavy (non-hydrogen) atoms. The van der Waals surface area contributed by atoms with Gasteiger partial charge in [-0.25, -0.2) is 14.6 Å². The molecule has 0 aliphatic heterocycles. The van der Waals surface area contributed by atoms with Crippen molar-refractivity contribution in [1.82, 2.24) is 24.3 Å². The third kappa shape index (κ3) is 1.90. The predicted molar refractivity (Wildman–Crippen MR) is 80.7 cm³/mol. The van der Waals surface area contributed by atoms with Crippen LogP contribution < -0.4 is 0 Å². The van der Waals surface area contributed by atoms with Gasteiger partial charge < -0.3 is 4.57 Å². The molecule has 0 saturated heterocycles. The molecule has 0 radical (unpaired) electrons. The Hall–Kier alpha value is -2.95. The van der Waals surface area contributed by atoms with Crippen molar-refractivity contribution < 1.29 is 0 Å². The molecule has 0 bridgehead atoms. The second-order valence-corrected chi connectivity index (χ2v) is 4.92. The summed E-state index contributed by atoms with van der Waals surface area (Å²) < 4.78 is 3.72. The fourth-order valence-corrected chi connectivity index (χ4v) is 2.48. The van der Waals surface area contributed by atoms with E-state index >= 15 is 0 Å². The summed E-state index contributed by atoms with van der Waals surface area (Å²) in [6.07, 6.45) is 11.0. The Bertz CT molecular complexity index is 905. The van der Waals surface area contributed by atoms with Crippen LogP contribution >= 0.6 is 0 Å². The molecule has 0 aliphatic carbocycles. The highest BCUT2D eigenvalue weighted by Crippen LogP contribution is 2.23. The first-order valence-electron chi connectivity index (χ1n) is 6.70. The van der Waals surface area contributed by atoms with Crippen LogP contribution in [0.4, 0.5) is 0 Å². The van der Waals surface area contributed by atoms with Gasteiger partial charge in [0.15, 0.2) is 5.82 Å². The van der Waals surface area contributed by atoms with E-state index in [1.165, 1.54) is 5.39 Å². The van der Waals surface area contributed by atoms with Gasteiger partial charge in [0.25, 0.3) is 0 Å². The minimum Gasteiger partial charge on any atom is -0.303 e. The fraction of sp³-hybridized carbons (Fsp3) is 0.0625. The molecule has 3 aromatic heterocycles. The van der Waals surface area contributed by atoms with E-state index in [1.54, 1.807) is 23.4 Å². The van der Waals surface area contributed by atoms with Crippen molar-refractivity contribution in [3.63, 3.8) is 0 Å². The van der Waals surface area contributed by atoms with Gasteiger partial charge in [0, 0.05) is 24.0 Å². The van der Waals surface area contributed by atoms with Crippen LogP contribution in [-0.2, 0) is 0 Å². The van der Waals surface area contributed by atoms with Gasteiger partial charge in [0.05, 0.1) is 24.4 Å². The van der Waals surface area contributed by atoms with Crippen LogP contribution in [0.2, 0.25) is 0 Å². The van der Waals surface area contributed by atoms with Gasteiger partial charge in [-0.2, -0.15) is 5.10 Å². The first kappa shape index (κ1) is 11.8. The summed E-state index contributed by atoms with van der Waals surface area (Å²) in [5, 5.41) is 6.72. The number of imidazole rings is 1. The number of fused-ring (bicyclic) bond motifs is 1. The van der Waals surface area contributed by atoms with Gasteiger partial charge >= 0.3 is 0 Å². The highest BCUT2D eigenvalue weighted by molar-refractivity contribution is 5.90. The lowest BCUT2D eigenvalue weighted by Gasteiger charge is -2.07. The minimum atomic E-state index is 0.836. The second-order valence-electron chi connectivity index (χ2n) is 4.92. The molecule has 0 aliphatic rings.